The van der Waals surface area contributed by atoms with Crippen LogP contribution in [0.25, 0.3) is 0 Å². The first kappa shape index (κ1) is 17.7. The molecular formula is C19H17N3O4S. The van der Waals surface area contributed by atoms with Crippen LogP contribution in [0.15, 0.2) is 29.3 Å². The summed E-state index contributed by atoms with van der Waals surface area (Å²) >= 11 is 1.35. The summed E-state index contributed by atoms with van der Waals surface area (Å²) < 4.78 is 5.28. The molecule has 1 aromatic heterocycles. The Hall–Kier alpha value is -2.74. The van der Waals surface area contributed by atoms with Crippen LogP contribution in [-0.2, 0) is 4.74 Å². The molecule has 4 rings (SSSR count). The Bertz CT molecular complexity index is 936. The SMILES string of the molecule is CSc1nc(C2CC2)nc(C)c1C(=O)OCN1C(=O)c2ccccc2C1=O. The largest absolute Gasteiger partial charge is 0.440 e. The second-order valence-corrected chi connectivity index (χ2v) is 7.27. The minimum atomic E-state index is -0.643. The van der Waals surface area contributed by atoms with Crippen LogP contribution in [0.4, 0.5) is 0 Å². The number of ether oxygens (including phenoxy) is 1. The monoisotopic (exact) mass is 383 g/mol. The van der Waals surface area contributed by atoms with Crippen molar-refractivity contribution in [1.29, 1.82) is 0 Å². The summed E-state index contributed by atoms with van der Waals surface area (Å²) in [5.41, 5.74) is 1.46. The highest BCUT2D eigenvalue weighted by molar-refractivity contribution is 7.98. The predicted octanol–water partition coefficient (Wildman–Crippen LogP) is 2.79. The number of benzene rings is 1. The van der Waals surface area contributed by atoms with Gasteiger partial charge in [-0.25, -0.2) is 19.7 Å². The summed E-state index contributed by atoms with van der Waals surface area (Å²) in [5, 5.41) is 0.553. The summed E-state index contributed by atoms with van der Waals surface area (Å²) in [7, 11) is 0. The van der Waals surface area contributed by atoms with Gasteiger partial charge >= 0.3 is 5.97 Å². The molecule has 0 N–H and O–H groups in total. The zero-order valence-electron chi connectivity index (χ0n) is 14.9. The minimum absolute atomic E-state index is 0.281. The van der Waals surface area contributed by atoms with Gasteiger partial charge in [-0.15, -0.1) is 11.8 Å². The second-order valence-electron chi connectivity index (χ2n) is 6.47. The molecule has 8 heteroatoms. The van der Waals surface area contributed by atoms with E-state index in [2.05, 4.69) is 9.97 Å². The second kappa shape index (κ2) is 6.77. The van der Waals surface area contributed by atoms with E-state index in [4.69, 9.17) is 4.74 Å². The first-order chi connectivity index (χ1) is 13.0. The summed E-state index contributed by atoms with van der Waals surface area (Å²) in [6.45, 7) is 1.30. The molecule has 1 aliphatic carbocycles. The first-order valence-corrected chi connectivity index (χ1v) is 9.78. The smallest absolute Gasteiger partial charge is 0.344 e. The Balaban J connectivity index is 1.52. The molecule has 138 valence electrons. The molecule has 1 aromatic carbocycles. The Morgan fingerprint density at radius 2 is 1.81 bits per heavy atom. The highest BCUT2D eigenvalue weighted by Crippen LogP contribution is 2.39. The Kier molecular flexibility index (Phi) is 4.43. The molecule has 1 aliphatic heterocycles. The van der Waals surface area contributed by atoms with Gasteiger partial charge < -0.3 is 4.74 Å². The van der Waals surface area contributed by atoms with Gasteiger partial charge in [-0.3, -0.25) is 9.59 Å². The molecular weight excluding hydrogens is 366 g/mol. The lowest BCUT2D eigenvalue weighted by atomic mass is 10.1. The maximum absolute atomic E-state index is 12.6. The normalized spacial score (nSPS) is 15.9. The van der Waals surface area contributed by atoms with Crippen LogP contribution in [0.5, 0.6) is 0 Å². The van der Waals surface area contributed by atoms with E-state index in [1.807, 2.05) is 6.26 Å². The number of hydrogen-bond acceptors (Lipinski definition) is 7. The van der Waals surface area contributed by atoms with Gasteiger partial charge in [-0.1, -0.05) is 12.1 Å². The number of imide groups is 1. The highest BCUT2D eigenvalue weighted by Gasteiger charge is 2.36. The number of carbonyl (C=O) groups is 3. The molecule has 27 heavy (non-hydrogen) atoms. The van der Waals surface area contributed by atoms with Crippen molar-refractivity contribution in [1.82, 2.24) is 14.9 Å². The number of thioether (sulfide) groups is 1. The summed E-state index contributed by atoms with van der Waals surface area (Å²) in [6.07, 6.45) is 3.97. The Labute approximate surface area is 160 Å². The van der Waals surface area contributed by atoms with Gasteiger partial charge in [0.25, 0.3) is 11.8 Å². The molecule has 0 radical (unpaired) electrons. The third-order valence-corrected chi connectivity index (χ3v) is 5.30. The van der Waals surface area contributed by atoms with E-state index in [0.29, 0.717) is 27.8 Å². The quantitative estimate of drug-likeness (QED) is 0.339. The number of rotatable bonds is 5. The number of carbonyl (C=O) groups excluding carboxylic acids is 3. The lowest BCUT2D eigenvalue weighted by molar-refractivity contribution is 0.0224. The fraction of sp³-hybridized carbons (Fsp3) is 0.316. The number of esters is 1. The van der Waals surface area contributed by atoms with E-state index < -0.39 is 24.5 Å². The standard InChI is InChI=1S/C19H17N3O4S/c1-10-14(16(27-2)21-15(20-10)11-7-8-11)19(25)26-9-22-17(23)12-5-3-4-6-13(12)18(22)24/h3-6,11H,7-9H2,1-2H3. The summed E-state index contributed by atoms with van der Waals surface area (Å²) in [6, 6.07) is 6.54. The molecule has 1 fully saturated rings. The average Bonchev–Trinajstić information content (AvgIpc) is 3.48. The van der Waals surface area contributed by atoms with E-state index >= 15 is 0 Å². The van der Waals surface area contributed by atoms with E-state index in [9.17, 15) is 14.4 Å². The van der Waals surface area contributed by atoms with Crippen molar-refractivity contribution in [3.63, 3.8) is 0 Å². The van der Waals surface area contributed by atoms with Crippen LogP contribution in [-0.4, -0.2) is 45.6 Å². The maximum atomic E-state index is 12.6. The van der Waals surface area contributed by atoms with Crippen molar-refractivity contribution in [2.45, 2.75) is 30.7 Å². The molecule has 1 saturated carbocycles. The number of fused-ring (bicyclic) bond motifs is 1. The predicted molar refractivity (Wildman–Crippen MR) is 97.7 cm³/mol. The molecule has 0 atom stereocenters. The number of aromatic nitrogens is 2. The van der Waals surface area contributed by atoms with Gasteiger partial charge in [0.15, 0.2) is 6.73 Å². The number of amides is 2. The first-order valence-electron chi connectivity index (χ1n) is 8.56. The van der Waals surface area contributed by atoms with E-state index in [1.54, 1.807) is 31.2 Å². The number of aryl methyl sites for hydroxylation is 1. The third kappa shape index (κ3) is 3.10. The minimum Gasteiger partial charge on any atom is -0.440 e. The van der Waals surface area contributed by atoms with E-state index in [0.717, 1.165) is 23.6 Å². The molecule has 7 nitrogen and oxygen atoms in total. The van der Waals surface area contributed by atoms with Gasteiger partial charge in [0.2, 0.25) is 0 Å². The zero-order valence-corrected chi connectivity index (χ0v) is 15.7. The van der Waals surface area contributed by atoms with Crippen LogP contribution in [0.1, 0.15) is 61.4 Å². The lowest BCUT2D eigenvalue weighted by Crippen LogP contribution is -2.33. The van der Waals surface area contributed by atoms with Crippen LogP contribution in [0.3, 0.4) is 0 Å². The Morgan fingerprint density at radius 1 is 1.19 bits per heavy atom. The van der Waals surface area contributed by atoms with Gasteiger partial charge in [0.1, 0.15) is 16.4 Å². The van der Waals surface area contributed by atoms with Gasteiger partial charge in [-0.05, 0) is 38.2 Å². The summed E-state index contributed by atoms with van der Waals surface area (Å²) in [4.78, 5) is 47.2. The van der Waals surface area contributed by atoms with Crippen molar-refractivity contribution in [2.24, 2.45) is 0 Å². The molecule has 2 aliphatic rings. The number of hydrogen-bond donors (Lipinski definition) is 0. The van der Waals surface area contributed by atoms with Gasteiger partial charge in [0, 0.05) is 5.92 Å². The van der Waals surface area contributed by atoms with Crippen LogP contribution in [0, 0.1) is 6.92 Å². The molecule has 0 saturated heterocycles. The van der Waals surface area contributed by atoms with Crippen molar-refractivity contribution >= 4 is 29.5 Å². The maximum Gasteiger partial charge on any atom is 0.344 e. The molecule has 2 amide bonds. The zero-order chi connectivity index (χ0) is 19.1. The Morgan fingerprint density at radius 3 is 2.37 bits per heavy atom. The van der Waals surface area contributed by atoms with Gasteiger partial charge in [0.05, 0.1) is 16.8 Å². The van der Waals surface area contributed by atoms with Crippen molar-refractivity contribution in [3.8, 4) is 0 Å². The van der Waals surface area contributed by atoms with E-state index in [-0.39, 0.29) is 5.56 Å². The average molecular weight is 383 g/mol. The van der Waals surface area contributed by atoms with Crippen LogP contribution < -0.4 is 0 Å². The van der Waals surface area contributed by atoms with E-state index in [1.165, 1.54) is 11.8 Å². The fourth-order valence-electron chi connectivity index (χ4n) is 3.03. The van der Waals surface area contributed by atoms with Crippen LogP contribution >= 0.6 is 11.8 Å². The molecule has 2 aromatic rings. The molecule has 0 unspecified atom stereocenters. The van der Waals surface area contributed by atoms with Crippen LogP contribution in [0.2, 0.25) is 0 Å². The summed E-state index contributed by atoms with van der Waals surface area (Å²) in [5.74, 6) is -0.446. The van der Waals surface area contributed by atoms with Crippen molar-refractivity contribution < 1.29 is 19.1 Å². The third-order valence-electron chi connectivity index (χ3n) is 4.62. The fourth-order valence-corrected chi connectivity index (χ4v) is 3.65. The highest BCUT2D eigenvalue weighted by atomic mass is 32.2. The van der Waals surface area contributed by atoms with Crippen molar-refractivity contribution in [3.05, 3.63) is 52.5 Å². The van der Waals surface area contributed by atoms with Crippen molar-refractivity contribution in [2.75, 3.05) is 13.0 Å². The topological polar surface area (TPSA) is 89.5 Å². The molecule has 0 spiro atoms. The van der Waals surface area contributed by atoms with Gasteiger partial charge in [-0.2, -0.15) is 0 Å². The number of nitrogens with zero attached hydrogens (tertiary/aromatic N) is 3. The lowest BCUT2D eigenvalue weighted by Gasteiger charge is -2.15. The molecule has 0 bridgehead atoms. The molecule has 2 heterocycles.